The fourth-order valence-corrected chi connectivity index (χ4v) is 2.96. The molecule has 0 aliphatic rings. The molecule has 5 heteroatoms. The number of likely N-dealkylation sites (N-methyl/N-ethyl adjacent to an activating group) is 1. The summed E-state index contributed by atoms with van der Waals surface area (Å²) in [6, 6.07) is 6.34. The zero-order valence-electron chi connectivity index (χ0n) is 11.2. The number of aromatic nitrogens is 2. The first kappa shape index (κ1) is 14.4. The van der Waals surface area contributed by atoms with E-state index >= 15 is 0 Å². The summed E-state index contributed by atoms with van der Waals surface area (Å²) in [7, 11) is 2.12. The Bertz CT molecular complexity index is 500. The molecule has 0 bridgehead atoms. The number of hydrogen-bond donors (Lipinski definition) is 0. The predicted octanol–water partition coefficient (Wildman–Crippen LogP) is 3.51. The van der Waals surface area contributed by atoms with Crippen LogP contribution < -0.4 is 0 Å². The van der Waals surface area contributed by atoms with Crippen molar-refractivity contribution in [3.8, 4) is 0 Å². The molecule has 0 amide bonds. The number of pyridine rings is 1. The highest BCUT2D eigenvalue weighted by atomic mass is 35.5. The van der Waals surface area contributed by atoms with Crippen LogP contribution in [0, 0.1) is 0 Å². The summed E-state index contributed by atoms with van der Waals surface area (Å²) in [6.07, 6.45) is 2.79. The summed E-state index contributed by atoms with van der Waals surface area (Å²) < 4.78 is 0. The summed E-state index contributed by atoms with van der Waals surface area (Å²) in [6.45, 7) is 3.14. The van der Waals surface area contributed by atoms with Gasteiger partial charge in [-0.3, -0.25) is 9.88 Å². The maximum Gasteiger partial charge on any atom is 0.110 e. The summed E-state index contributed by atoms with van der Waals surface area (Å²) in [5.74, 6) is 0.487. The molecule has 0 saturated carbocycles. The van der Waals surface area contributed by atoms with Crippen LogP contribution in [0.5, 0.6) is 0 Å². The van der Waals surface area contributed by atoms with Gasteiger partial charge in [-0.15, -0.1) is 22.9 Å². The molecule has 102 valence electrons. The van der Waals surface area contributed by atoms with Crippen molar-refractivity contribution in [1.82, 2.24) is 14.9 Å². The van der Waals surface area contributed by atoms with E-state index in [2.05, 4.69) is 34.9 Å². The van der Waals surface area contributed by atoms with E-state index in [1.54, 1.807) is 11.3 Å². The number of nitrogens with zero attached hydrogens (tertiary/aromatic N) is 3. The molecule has 0 aliphatic carbocycles. The van der Waals surface area contributed by atoms with Crippen molar-refractivity contribution < 1.29 is 0 Å². The van der Waals surface area contributed by atoms with Crippen molar-refractivity contribution in [3.05, 3.63) is 46.2 Å². The Morgan fingerprint density at radius 2 is 2.21 bits per heavy atom. The van der Waals surface area contributed by atoms with Crippen molar-refractivity contribution in [2.24, 2.45) is 0 Å². The highest BCUT2D eigenvalue weighted by Crippen LogP contribution is 2.23. The van der Waals surface area contributed by atoms with Crippen LogP contribution in [0.15, 0.2) is 29.8 Å². The van der Waals surface area contributed by atoms with Crippen LogP contribution in [0.2, 0.25) is 0 Å². The molecule has 0 radical (unpaired) electrons. The number of hydrogen-bond acceptors (Lipinski definition) is 4. The molecular formula is C14H18ClN3S. The fraction of sp³-hybridized carbons (Fsp3) is 0.429. The summed E-state index contributed by atoms with van der Waals surface area (Å²) >= 11 is 7.47. The fourth-order valence-electron chi connectivity index (χ4n) is 1.79. The minimum Gasteiger partial charge on any atom is -0.297 e. The molecule has 2 heterocycles. The van der Waals surface area contributed by atoms with Crippen LogP contribution in [-0.2, 0) is 12.3 Å². The minimum absolute atomic E-state index is 0.311. The van der Waals surface area contributed by atoms with Crippen LogP contribution in [-0.4, -0.2) is 28.5 Å². The molecular weight excluding hydrogens is 278 g/mol. The van der Waals surface area contributed by atoms with E-state index in [1.165, 1.54) is 0 Å². The van der Waals surface area contributed by atoms with E-state index in [4.69, 9.17) is 11.6 Å². The van der Waals surface area contributed by atoms with Gasteiger partial charge >= 0.3 is 0 Å². The van der Waals surface area contributed by atoms with Crippen LogP contribution >= 0.6 is 22.9 Å². The van der Waals surface area contributed by atoms with Gasteiger partial charge in [-0.05, 0) is 26.1 Å². The third-order valence-electron chi connectivity index (χ3n) is 3.17. The lowest BCUT2D eigenvalue weighted by Crippen LogP contribution is -2.25. The lowest BCUT2D eigenvalue weighted by atomic mass is 10.2. The quantitative estimate of drug-likeness (QED) is 0.764. The molecule has 0 saturated heterocycles. The second kappa shape index (κ2) is 6.98. The molecule has 2 aromatic heterocycles. The molecule has 1 atom stereocenters. The van der Waals surface area contributed by atoms with E-state index < -0.39 is 0 Å². The Hall–Kier alpha value is -0.970. The van der Waals surface area contributed by atoms with Gasteiger partial charge in [0.2, 0.25) is 0 Å². The average molecular weight is 296 g/mol. The van der Waals surface area contributed by atoms with Gasteiger partial charge in [0, 0.05) is 30.2 Å². The largest absolute Gasteiger partial charge is 0.297 e. The second-order valence-electron chi connectivity index (χ2n) is 4.54. The van der Waals surface area contributed by atoms with Crippen LogP contribution in [0.1, 0.15) is 29.4 Å². The summed E-state index contributed by atoms with van der Waals surface area (Å²) in [4.78, 5) is 11.2. The lowest BCUT2D eigenvalue weighted by Gasteiger charge is -2.22. The number of thiazole rings is 1. The SMILES string of the molecule is CC(c1nc(CCl)cs1)N(C)CCc1ccccn1. The number of halogens is 1. The smallest absolute Gasteiger partial charge is 0.110 e. The highest BCUT2D eigenvalue weighted by Gasteiger charge is 2.15. The molecule has 2 rings (SSSR count). The Balaban J connectivity index is 1.90. The maximum atomic E-state index is 5.79. The lowest BCUT2D eigenvalue weighted by molar-refractivity contribution is 0.263. The molecule has 0 fully saturated rings. The van der Waals surface area contributed by atoms with Gasteiger partial charge < -0.3 is 0 Å². The van der Waals surface area contributed by atoms with Crippen molar-refractivity contribution in [1.29, 1.82) is 0 Å². The number of alkyl halides is 1. The normalized spacial score (nSPS) is 12.8. The summed E-state index contributed by atoms with van der Waals surface area (Å²) in [5.41, 5.74) is 2.09. The van der Waals surface area contributed by atoms with Gasteiger partial charge in [-0.1, -0.05) is 6.07 Å². The third kappa shape index (κ3) is 4.00. The second-order valence-corrected chi connectivity index (χ2v) is 5.70. The Labute approximate surface area is 123 Å². The molecule has 0 spiro atoms. The van der Waals surface area contributed by atoms with Gasteiger partial charge in [0.25, 0.3) is 0 Å². The topological polar surface area (TPSA) is 29.0 Å². The first-order valence-electron chi connectivity index (χ1n) is 6.31. The monoisotopic (exact) mass is 295 g/mol. The van der Waals surface area contributed by atoms with Crippen molar-refractivity contribution >= 4 is 22.9 Å². The van der Waals surface area contributed by atoms with E-state index in [0.29, 0.717) is 11.9 Å². The predicted molar refractivity (Wildman–Crippen MR) is 80.7 cm³/mol. The summed E-state index contributed by atoms with van der Waals surface area (Å²) in [5, 5.41) is 3.16. The molecule has 0 N–H and O–H groups in total. The van der Waals surface area contributed by atoms with E-state index in [1.807, 2.05) is 23.7 Å². The van der Waals surface area contributed by atoms with Crippen LogP contribution in [0.25, 0.3) is 0 Å². The van der Waals surface area contributed by atoms with Crippen molar-refractivity contribution in [2.45, 2.75) is 25.3 Å². The first-order valence-corrected chi connectivity index (χ1v) is 7.72. The average Bonchev–Trinajstić information content (AvgIpc) is 2.94. The van der Waals surface area contributed by atoms with Crippen LogP contribution in [0.3, 0.4) is 0 Å². The Morgan fingerprint density at radius 1 is 1.37 bits per heavy atom. The highest BCUT2D eigenvalue weighted by molar-refractivity contribution is 7.09. The maximum absolute atomic E-state index is 5.79. The first-order chi connectivity index (χ1) is 9.20. The minimum atomic E-state index is 0.311. The molecule has 2 aromatic rings. The van der Waals surface area contributed by atoms with Crippen LogP contribution in [0.4, 0.5) is 0 Å². The zero-order valence-corrected chi connectivity index (χ0v) is 12.8. The van der Waals surface area contributed by atoms with E-state index in [9.17, 15) is 0 Å². The van der Waals surface area contributed by atoms with Gasteiger partial charge in [0.1, 0.15) is 5.01 Å². The van der Waals surface area contributed by atoms with Gasteiger partial charge in [0.15, 0.2) is 0 Å². The molecule has 0 aromatic carbocycles. The zero-order chi connectivity index (χ0) is 13.7. The Kier molecular flexibility index (Phi) is 5.31. The van der Waals surface area contributed by atoms with Crippen molar-refractivity contribution in [3.63, 3.8) is 0 Å². The third-order valence-corrected chi connectivity index (χ3v) is 4.51. The van der Waals surface area contributed by atoms with Gasteiger partial charge in [-0.25, -0.2) is 4.98 Å². The van der Waals surface area contributed by atoms with Gasteiger partial charge in [0.05, 0.1) is 17.6 Å². The van der Waals surface area contributed by atoms with Gasteiger partial charge in [-0.2, -0.15) is 0 Å². The standard InChI is InChI=1S/C14H18ClN3S/c1-11(14-17-13(9-15)10-19-14)18(2)8-6-12-5-3-4-7-16-12/h3-5,7,10-11H,6,8-9H2,1-2H3. The Morgan fingerprint density at radius 3 is 2.84 bits per heavy atom. The van der Waals surface area contributed by atoms with Crippen molar-refractivity contribution in [2.75, 3.05) is 13.6 Å². The van der Waals surface area contributed by atoms with E-state index in [0.717, 1.165) is 29.4 Å². The molecule has 1 unspecified atom stereocenters. The molecule has 19 heavy (non-hydrogen) atoms. The number of rotatable bonds is 6. The molecule has 0 aliphatic heterocycles. The molecule has 3 nitrogen and oxygen atoms in total. The van der Waals surface area contributed by atoms with E-state index in [-0.39, 0.29) is 0 Å².